The standard InChI is InChI=1S/C12H20N2O3S2/c1-13-7-11-6-12(18-9-11)19(15,16)14-8-10-2-4-17-5-3-10/h6,9-10,13-14H,2-5,7-8H2,1H3. The van der Waals surface area contributed by atoms with Gasteiger partial charge in [0.1, 0.15) is 4.21 Å². The van der Waals surface area contributed by atoms with Crippen molar-refractivity contribution >= 4 is 21.4 Å². The molecule has 0 aromatic carbocycles. The summed E-state index contributed by atoms with van der Waals surface area (Å²) in [5, 5.41) is 4.88. The quantitative estimate of drug-likeness (QED) is 0.828. The predicted octanol–water partition coefficient (Wildman–Crippen LogP) is 1.17. The average molecular weight is 304 g/mol. The number of thiophene rings is 1. The number of hydrogen-bond donors (Lipinski definition) is 2. The Bertz CT molecular complexity index is 493. The lowest BCUT2D eigenvalue weighted by atomic mass is 10.0. The van der Waals surface area contributed by atoms with Crippen LogP contribution >= 0.6 is 11.3 Å². The van der Waals surface area contributed by atoms with E-state index in [-0.39, 0.29) is 0 Å². The summed E-state index contributed by atoms with van der Waals surface area (Å²) in [7, 11) is -1.51. The van der Waals surface area contributed by atoms with Gasteiger partial charge in [0.15, 0.2) is 0 Å². The van der Waals surface area contributed by atoms with E-state index in [0.29, 0.717) is 23.2 Å². The Labute approximate surface area is 118 Å². The topological polar surface area (TPSA) is 67.4 Å². The molecule has 0 spiro atoms. The van der Waals surface area contributed by atoms with E-state index < -0.39 is 10.0 Å². The van der Waals surface area contributed by atoms with Crippen LogP contribution in [0, 0.1) is 5.92 Å². The molecular weight excluding hydrogens is 284 g/mol. The number of hydrogen-bond acceptors (Lipinski definition) is 5. The minimum atomic E-state index is -3.36. The first-order valence-electron chi connectivity index (χ1n) is 6.41. The zero-order valence-corrected chi connectivity index (χ0v) is 12.6. The second-order valence-electron chi connectivity index (χ2n) is 4.71. The Morgan fingerprint density at radius 1 is 1.42 bits per heavy atom. The van der Waals surface area contributed by atoms with Crippen LogP contribution in [0.1, 0.15) is 18.4 Å². The molecule has 2 heterocycles. The highest BCUT2D eigenvalue weighted by Gasteiger charge is 2.20. The van der Waals surface area contributed by atoms with Crippen molar-refractivity contribution in [2.45, 2.75) is 23.6 Å². The van der Waals surface area contributed by atoms with Gasteiger partial charge in [0.25, 0.3) is 0 Å². The third-order valence-corrected chi connectivity index (χ3v) is 6.09. The lowest BCUT2D eigenvalue weighted by Gasteiger charge is -2.21. The molecule has 0 saturated carbocycles. The predicted molar refractivity (Wildman–Crippen MR) is 75.8 cm³/mol. The van der Waals surface area contributed by atoms with Gasteiger partial charge in [0.05, 0.1) is 0 Å². The number of sulfonamides is 1. The smallest absolute Gasteiger partial charge is 0.250 e. The van der Waals surface area contributed by atoms with Crippen LogP contribution in [0.5, 0.6) is 0 Å². The Kier molecular flexibility index (Phi) is 5.35. The molecule has 2 rings (SSSR count). The van der Waals surface area contributed by atoms with Gasteiger partial charge in [-0.25, -0.2) is 13.1 Å². The SMILES string of the molecule is CNCc1csc(S(=O)(=O)NCC2CCOCC2)c1. The first-order valence-corrected chi connectivity index (χ1v) is 8.77. The maximum absolute atomic E-state index is 12.1. The van der Waals surface area contributed by atoms with Gasteiger partial charge in [-0.2, -0.15) is 0 Å². The molecule has 108 valence electrons. The van der Waals surface area contributed by atoms with Gasteiger partial charge in [0, 0.05) is 26.3 Å². The molecule has 0 aliphatic carbocycles. The third-order valence-electron chi connectivity index (χ3n) is 3.18. The van der Waals surface area contributed by atoms with E-state index in [0.717, 1.165) is 31.6 Å². The van der Waals surface area contributed by atoms with Crippen molar-refractivity contribution in [3.63, 3.8) is 0 Å². The van der Waals surface area contributed by atoms with Crippen molar-refractivity contribution in [2.75, 3.05) is 26.8 Å². The van der Waals surface area contributed by atoms with Crippen molar-refractivity contribution in [1.82, 2.24) is 10.0 Å². The molecule has 0 bridgehead atoms. The fraction of sp³-hybridized carbons (Fsp3) is 0.667. The summed E-state index contributed by atoms with van der Waals surface area (Å²) in [5.41, 5.74) is 0.999. The van der Waals surface area contributed by atoms with Crippen LogP contribution in [-0.4, -0.2) is 35.2 Å². The maximum Gasteiger partial charge on any atom is 0.250 e. The highest BCUT2D eigenvalue weighted by molar-refractivity contribution is 7.91. The van der Waals surface area contributed by atoms with Crippen LogP contribution in [0.4, 0.5) is 0 Å². The van der Waals surface area contributed by atoms with Crippen LogP contribution in [0.3, 0.4) is 0 Å². The van der Waals surface area contributed by atoms with Crippen LogP contribution in [0.2, 0.25) is 0 Å². The zero-order valence-electron chi connectivity index (χ0n) is 11.0. The van der Waals surface area contributed by atoms with Crippen LogP contribution < -0.4 is 10.0 Å². The van der Waals surface area contributed by atoms with Gasteiger partial charge in [-0.05, 0) is 42.8 Å². The molecule has 0 radical (unpaired) electrons. The minimum absolute atomic E-state index is 0.389. The number of rotatable bonds is 6. The largest absolute Gasteiger partial charge is 0.381 e. The summed E-state index contributed by atoms with van der Waals surface area (Å²) < 4.78 is 32.6. The van der Waals surface area contributed by atoms with Crippen LogP contribution in [-0.2, 0) is 21.3 Å². The molecule has 1 fully saturated rings. The second-order valence-corrected chi connectivity index (χ2v) is 7.62. The van der Waals surface area contributed by atoms with Crippen LogP contribution in [0.15, 0.2) is 15.7 Å². The summed E-state index contributed by atoms with van der Waals surface area (Å²) in [5.74, 6) is 0.389. The summed E-state index contributed by atoms with van der Waals surface area (Å²) in [6, 6.07) is 1.73. The van der Waals surface area contributed by atoms with Gasteiger partial charge >= 0.3 is 0 Å². The minimum Gasteiger partial charge on any atom is -0.381 e. The molecule has 2 N–H and O–H groups in total. The Hall–Kier alpha value is -0.470. The fourth-order valence-corrected chi connectivity index (χ4v) is 4.41. The van der Waals surface area contributed by atoms with Gasteiger partial charge in [0.2, 0.25) is 10.0 Å². The van der Waals surface area contributed by atoms with Gasteiger partial charge in [-0.3, -0.25) is 0 Å². The number of ether oxygens (including phenoxy) is 1. The first kappa shape index (κ1) is 14.9. The summed E-state index contributed by atoms with van der Waals surface area (Å²) in [6.07, 6.45) is 1.86. The second kappa shape index (κ2) is 6.81. The van der Waals surface area contributed by atoms with E-state index in [1.54, 1.807) is 6.07 Å². The fourth-order valence-electron chi connectivity index (χ4n) is 2.04. The molecule has 1 saturated heterocycles. The number of nitrogens with one attached hydrogen (secondary N) is 2. The normalized spacial score (nSPS) is 17.7. The van der Waals surface area contributed by atoms with Crippen molar-refractivity contribution in [1.29, 1.82) is 0 Å². The maximum atomic E-state index is 12.1. The van der Waals surface area contributed by atoms with Crippen molar-refractivity contribution in [3.05, 3.63) is 17.0 Å². The molecule has 7 heteroatoms. The molecule has 1 aromatic rings. The van der Waals surface area contributed by atoms with Gasteiger partial charge < -0.3 is 10.1 Å². The van der Waals surface area contributed by atoms with E-state index >= 15 is 0 Å². The molecule has 1 aliphatic heterocycles. The van der Waals surface area contributed by atoms with Gasteiger partial charge in [-0.1, -0.05) is 0 Å². The van der Waals surface area contributed by atoms with E-state index in [2.05, 4.69) is 10.0 Å². The van der Waals surface area contributed by atoms with Gasteiger partial charge in [-0.15, -0.1) is 11.3 Å². The zero-order chi connectivity index (χ0) is 13.7. The monoisotopic (exact) mass is 304 g/mol. The molecule has 0 atom stereocenters. The molecule has 19 heavy (non-hydrogen) atoms. The Balaban J connectivity index is 1.92. The highest BCUT2D eigenvalue weighted by Crippen LogP contribution is 2.21. The average Bonchev–Trinajstić information content (AvgIpc) is 2.88. The molecule has 0 amide bonds. The summed E-state index contributed by atoms with van der Waals surface area (Å²) in [6.45, 7) is 2.66. The lowest BCUT2D eigenvalue weighted by molar-refractivity contribution is 0.0678. The lowest BCUT2D eigenvalue weighted by Crippen LogP contribution is -2.31. The summed E-state index contributed by atoms with van der Waals surface area (Å²) >= 11 is 1.27. The highest BCUT2D eigenvalue weighted by atomic mass is 32.2. The van der Waals surface area contributed by atoms with Crippen molar-refractivity contribution in [3.8, 4) is 0 Å². The molecular formula is C12H20N2O3S2. The van der Waals surface area contributed by atoms with E-state index in [1.165, 1.54) is 11.3 Å². The Morgan fingerprint density at radius 3 is 2.84 bits per heavy atom. The molecule has 1 aliphatic rings. The van der Waals surface area contributed by atoms with E-state index in [4.69, 9.17) is 4.74 Å². The summed E-state index contributed by atoms with van der Waals surface area (Å²) in [4.78, 5) is 0. The first-order chi connectivity index (χ1) is 9.12. The van der Waals surface area contributed by atoms with E-state index in [9.17, 15) is 8.42 Å². The molecule has 0 unspecified atom stereocenters. The van der Waals surface area contributed by atoms with E-state index in [1.807, 2.05) is 12.4 Å². The van der Waals surface area contributed by atoms with Crippen LogP contribution in [0.25, 0.3) is 0 Å². The van der Waals surface area contributed by atoms with Crippen molar-refractivity contribution < 1.29 is 13.2 Å². The molecule has 1 aromatic heterocycles. The van der Waals surface area contributed by atoms with Crippen molar-refractivity contribution in [2.24, 2.45) is 5.92 Å². The molecule has 5 nitrogen and oxygen atoms in total. The Morgan fingerprint density at radius 2 is 2.16 bits per heavy atom. The third kappa shape index (κ3) is 4.25.